The largest absolute Gasteiger partial charge is 0.372 e. The minimum absolute atomic E-state index is 0.228. The van der Waals surface area contributed by atoms with Crippen molar-refractivity contribution in [3.05, 3.63) is 90.0 Å². The molecule has 1 heteroatoms. The molecule has 2 aromatic carbocycles. The Hall–Kier alpha value is -2.28. The molecule has 0 spiro atoms. The second-order valence-corrected chi connectivity index (χ2v) is 5.26. The fourth-order valence-corrected chi connectivity index (χ4v) is 2.54. The molecule has 0 aliphatic rings. The first-order valence-electron chi connectivity index (χ1n) is 7.39. The van der Waals surface area contributed by atoms with E-state index in [4.69, 9.17) is 0 Å². The second-order valence-electron chi connectivity index (χ2n) is 5.26. The molecule has 0 heterocycles. The van der Waals surface area contributed by atoms with Crippen molar-refractivity contribution in [3.63, 3.8) is 0 Å². The molecule has 0 aliphatic carbocycles. The van der Waals surface area contributed by atoms with Gasteiger partial charge in [0.25, 0.3) is 0 Å². The predicted molar refractivity (Wildman–Crippen MR) is 91.8 cm³/mol. The number of nitrogens with one attached hydrogen (secondary N) is 1. The summed E-state index contributed by atoms with van der Waals surface area (Å²) in [6.45, 7) is 6.33. The summed E-state index contributed by atoms with van der Waals surface area (Å²) < 4.78 is 0. The lowest BCUT2D eigenvalue weighted by atomic mass is 9.90. The van der Waals surface area contributed by atoms with Gasteiger partial charge in [0, 0.05) is 5.70 Å². The van der Waals surface area contributed by atoms with Crippen LogP contribution in [0.15, 0.2) is 78.9 Å². The fourth-order valence-electron chi connectivity index (χ4n) is 2.54. The highest BCUT2D eigenvalue weighted by Gasteiger charge is 2.23. The van der Waals surface area contributed by atoms with Gasteiger partial charge in [-0.25, -0.2) is 0 Å². The van der Waals surface area contributed by atoms with Gasteiger partial charge in [-0.2, -0.15) is 0 Å². The van der Waals surface area contributed by atoms with Crippen LogP contribution in [0.1, 0.15) is 31.9 Å². The van der Waals surface area contributed by atoms with Crippen molar-refractivity contribution in [2.45, 2.75) is 26.3 Å². The molecule has 0 saturated heterocycles. The highest BCUT2D eigenvalue weighted by Crippen LogP contribution is 2.26. The Morgan fingerprint density at radius 1 is 0.905 bits per heavy atom. The third-order valence-electron chi connectivity index (χ3n) is 3.64. The highest BCUT2D eigenvalue weighted by atomic mass is 15.0. The summed E-state index contributed by atoms with van der Waals surface area (Å²) in [4.78, 5) is 0. The Balaban J connectivity index is 2.36. The third-order valence-corrected chi connectivity index (χ3v) is 3.64. The molecule has 0 bridgehead atoms. The summed E-state index contributed by atoms with van der Waals surface area (Å²) in [5, 5.41) is 3.69. The van der Waals surface area contributed by atoms with E-state index in [0.717, 1.165) is 5.70 Å². The van der Waals surface area contributed by atoms with Crippen molar-refractivity contribution in [3.8, 4) is 0 Å². The van der Waals surface area contributed by atoms with Gasteiger partial charge in [-0.15, -0.1) is 0 Å². The Morgan fingerprint density at radius 3 is 2.00 bits per heavy atom. The van der Waals surface area contributed by atoms with Crippen LogP contribution in [-0.4, -0.2) is 0 Å². The van der Waals surface area contributed by atoms with E-state index >= 15 is 0 Å². The highest BCUT2D eigenvalue weighted by molar-refractivity contribution is 5.65. The van der Waals surface area contributed by atoms with Crippen molar-refractivity contribution in [2.24, 2.45) is 0 Å². The molecule has 0 saturated carbocycles. The van der Waals surface area contributed by atoms with E-state index in [2.05, 4.69) is 92.8 Å². The summed E-state index contributed by atoms with van der Waals surface area (Å²) in [7, 11) is 0. The first-order valence-corrected chi connectivity index (χ1v) is 7.39. The van der Waals surface area contributed by atoms with E-state index in [9.17, 15) is 0 Å². The molecule has 0 radical (unpaired) electrons. The van der Waals surface area contributed by atoms with Crippen molar-refractivity contribution in [1.82, 2.24) is 5.32 Å². The van der Waals surface area contributed by atoms with Crippen LogP contribution in [0.25, 0.3) is 5.70 Å². The molecule has 21 heavy (non-hydrogen) atoms. The molecule has 0 aliphatic heterocycles. The van der Waals surface area contributed by atoms with Crippen molar-refractivity contribution in [2.75, 3.05) is 0 Å². The van der Waals surface area contributed by atoms with Gasteiger partial charge in [0.15, 0.2) is 0 Å². The SMILES string of the molecule is CC=C(N[C@@](C)(/C=C\C)c1ccccc1)c1ccccc1. The average molecular weight is 277 g/mol. The van der Waals surface area contributed by atoms with Crippen LogP contribution in [0.3, 0.4) is 0 Å². The standard InChI is InChI=1S/C20H23N/c1-4-16-20(3,18-14-10-7-11-15-18)21-19(5-2)17-12-8-6-9-13-17/h4-16,21H,1-3H3/b16-4-,19-5?/t20-/m0/s1. The second kappa shape index (κ2) is 6.94. The molecular weight excluding hydrogens is 254 g/mol. The summed E-state index contributed by atoms with van der Waals surface area (Å²) >= 11 is 0. The molecule has 0 aromatic heterocycles. The first kappa shape index (κ1) is 15.1. The average Bonchev–Trinajstić information content (AvgIpc) is 2.54. The molecule has 1 nitrogen and oxygen atoms in total. The number of hydrogen-bond donors (Lipinski definition) is 1. The van der Waals surface area contributed by atoms with Gasteiger partial charge in [0.1, 0.15) is 0 Å². The van der Waals surface area contributed by atoms with E-state index in [-0.39, 0.29) is 5.54 Å². The Kier molecular flexibility index (Phi) is 4.99. The van der Waals surface area contributed by atoms with E-state index in [0.29, 0.717) is 0 Å². The van der Waals surface area contributed by atoms with Crippen LogP contribution < -0.4 is 5.32 Å². The number of rotatable bonds is 5. The van der Waals surface area contributed by atoms with Crippen LogP contribution in [0, 0.1) is 0 Å². The van der Waals surface area contributed by atoms with E-state index in [1.54, 1.807) is 0 Å². The molecule has 0 unspecified atom stereocenters. The minimum atomic E-state index is -0.228. The van der Waals surface area contributed by atoms with Gasteiger partial charge in [-0.1, -0.05) is 78.9 Å². The number of hydrogen-bond acceptors (Lipinski definition) is 1. The molecule has 1 atom stereocenters. The van der Waals surface area contributed by atoms with E-state index in [1.807, 2.05) is 12.1 Å². The normalized spacial score (nSPS) is 14.9. The minimum Gasteiger partial charge on any atom is -0.372 e. The van der Waals surface area contributed by atoms with Gasteiger partial charge in [0.05, 0.1) is 5.54 Å². The maximum Gasteiger partial charge on any atom is 0.0781 e. The molecule has 1 N–H and O–H groups in total. The zero-order valence-electron chi connectivity index (χ0n) is 13.0. The summed E-state index contributed by atoms with van der Waals surface area (Å²) in [5.74, 6) is 0. The quantitative estimate of drug-likeness (QED) is 0.747. The van der Waals surface area contributed by atoms with Crippen LogP contribution in [-0.2, 0) is 5.54 Å². The maximum absolute atomic E-state index is 3.69. The van der Waals surface area contributed by atoms with Crippen LogP contribution in [0.5, 0.6) is 0 Å². The monoisotopic (exact) mass is 277 g/mol. The predicted octanol–water partition coefficient (Wildman–Crippen LogP) is 5.13. The van der Waals surface area contributed by atoms with Gasteiger partial charge in [-0.3, -0.25) is 0 Å². The third kappa shape index (κ3) is 3.63. The summed E-state index contributed by atoms with van der Waals surface area (Å²) in [5.41, 5.74) is 3.36. The Bertz CT molecular complexity index is 611. The number of benzene rings is 2. The summed E-state index contributed by atoms with van der Waals surface area (Å²) in [6, 6.07) is 21.0. The lowest BCUT2D eigenvalue weighted by Crippen LogP contribution is -2.36. The molecule has 2 rings (SSSR count). The molecule has 108 valence electrons. The molecular formula is C20H23N. The molecule has 2 aromatic rings. The van der Waals surface area contributed by atoms with Gasteiger partial charge < -0.3 is 5.32 Å². The van der Waals surface area contributed by atoms with Crippen LogP contribution >= 0.6 is 0 Å². The van der Waals surface area contributed by atoms with Gasteiger partial charge in [-0.05, 0) is 31.9 Å². The van der Waals surface area contributed by atoms with Crippen LogP contribution in [0.2, 0.25) is 0 Å². The lowest BCUT2D eigenvalue weighted by Gasteiger charge is -2.31. The Morgan fingerprint density at radius 2 is 1.48 bits per heavy atom. The van der Waals surface area contributed by atoms with E-state index in [1.165, 1.54) is 11.1 Å². The zero-order chi connectivity index (χ0) is 15.1. The van der Waals surface area contributed by atoms with Crippen LogP contribution in [0.4, 0.5) is 0 Å². The smallest absolute Gasteiger partial charge is 0.0781 e. The maximum atomic E-state index is 3.69. The number of allylic oxidation sites excluding steroid dienone is 2. The van der Waals surface area contributed by atoms with E-state index < -0.39 is 0 Å². The lowest BCUT2D eigenvalue weighted by molar-refractivity contribution is 0.540. The molecule has 0 fully saturated rings. The summed E-state index contributed by atoms with van der Waals surface area (Å²) in [6.07, 6.45) is 6.42. The molecule has 0 amide bonds. The fraction of sp³-hybridized carbons (Fsp3) is 0.200. The van der Waals surface area contributed by atoms with Crippen molar-refractivity contribution >= 4 is 5.70 Å². The van der Waals surface area contributed by atoms with Crippen molar-refractivity contribution in [1.29, 1.82) is 0 Å². The van der Waals surface area contributed by atoms with Gasteiger partial charge in [0.2, 0.25) is 0 Å². The topological polar surface area (TPSA) is 12.0 Å². The van der Waals surface area contributed by atoms with Crippen molar-refractivity contribution < 1.29 is 0 Å². The Labute approximate surface area is 128 Å². The first-order chi connectivity index (χ1) is 10.2. The van der Waals surface area contributed by atoms with Gasteiger partial charge >= 0.3 is 0 Å². The zero-order valence-corrected chi connectivity index (χ0v) is 13.0.